The number of carbonyl (C=O) groups is 1. The minimum absolute atomic E-state index is 0.0452. The molecule has 1 saturated carbocycles. The van der Waals surface area contributed by atoms with Gasteiger partial charge >= 0.3 is 0 Å². The molecule has 0 atom stereocenters. The molecule has 7 nitrogen and oxygen atoms in total. The predicted octanol–water partition coefficient (Wildman–Crippen LogP) is 2.29. The number of benzene rings is 1. The zero-order valence-electron chi connectivity index (χ0n) is 14.6. The predicted molar refractivity (Wildman–Crippen MR) is 98.4 cm³/mol. The summed E-state index contributed by atoms with van der Waals surface area (Å²) in [7, 11) is 2.12. The van der Waals surface area contributed by atoms with Crippen molar-refractivity contribution in [3.8, 4) is 11.3 Å². The molecule has 3 heterocycles. The van der Waals surface area contributed by atoms with E-state index >= 15 is 0 Å². The van der Waals surface area contributed by atoms with Crippen molar-refractivity contribution in [3.63, 3.8) is 0 Å². The zero-order chi connectivity index (χ0) is 17.7. The average molecular weight is 348 g/mol. The van der Waals surface area contributed by atoms with Crippen LogP contribution in [0.3, 0.4) is 0 Å². The van der Waals surface area contributed by atoms with Gasteiger partial charge in [0.1, 0.15) is 5.82 Å². The SMILES string of the molecule is CN1CCn2c(-c3ccc4nnc(NC(=O)C5CC5)cc4c3)cnc2C1. The lowest BCUT2D eigenvalue weighted by atomic mass is 10.1. The third-order valence-corrected chi connectivity index (χ3v) is 5.14. The van der Waals surface area contributed by atoms with Gasteiger partial charge in [-0.1, -0.05) is 6.07 Å². The second-order valence-electron chi connectivity index (χ2n) is 7.22. The fourth-order valence-electron chi connectivity index (χ4n) is 3.45. The monoisotopic (exact) mass is 348 g/mol. The molecule has 0 spiro atoms. The van der Waals surface area contributed by atoms with Gasteiger partial charge < -0.3 is 9.88 Å². The van der Waals surface area contributed by atoms with Crippen molar-refractivity contribution < 1.29 is 4.79 Å². The van der Waals surface area contributed by atoms with Crippen LogP contribution in [0.4, 0.5) is 5.82 Å². The van der Waals surface area contributed by atoms with E-state index in [1.165, 1.54) is 0 Å². The summed E-state index contributed by atoms with van der Waals surface area (Å²) < 4.78 is 2.28. The molecule has 1 aromatic carbocycles. The Balaban J connectivity index is 1.50. The number of anilines is 1. The summed E-state index contributed by atoms with van der Waals surface area (Å²) in [5.41, 5.74) is 3.04. The van der Waals surface area contributed by atoms with Crippen LogP contribution in [0.5, 0.6) is 0 Å². The summed E-state index contributed by atoms with van der Waals surface area (Å²) >= 11 is 0. The van der Waals surface area contributed by atoms with E-state index in [1.807, 2.05) is 18.3 Å². The molecular formula is C19H20N6O. The van der Waals surface area contributed by atoms with Gasteiger partial charge in [0, 0.05) is 30.0 Å². The van der Waals surface area contributed by atoms with Crippen molar-refractivity contribution in [2.24, 2.45) is 5.92 Å². The highest BCUT2D eigenvalue weighted by Crippen LogP contribution is 2.30. The fraction of sp³-hybridized carbons (Fsp3) is 0.368. The quantitative estimate of drug-likeness (QED) is 0.786. The van der Waals surface area contributed by atoms with Gasteiger partial charge in [-0.15, -0.1) is 10.2 Å². The molecule has 5 rings (SSSR count). The number of amides is 1. The number of rotatable bonds is 3. The van der Waals surface area contributed by atoms with Crippen LogP contribution in [-0.2, 0) is 17.9 Å². The Hall–Kier alpha value is -2.80. The van der Waals surface area contributed by atoms with E-state index in [9.17, 15) is 4.79 Å². The number of imidazole rings is 1. The molecule has 0 unspecified atom stereocenters. The Kier molecular flexibility index (Phi) is 3.49. The van der Waals surface area contributed by atoms with Crippen LogP contribution in [0.25, 0.3) is 22.2 Å². The fourth-order valence-corrected chi connectivity index (χ4v) is 3.45. The number of hydrogen-bond acceptors (Lipinski definition) is 5. The van der Waals surface area contributed by atoms with E-state index in [0.717, 1.165) is 60.5 Å². The van der Waals surface area contributed by atoms with Crippen LogP contribution < -0.4 is 5.32 Å². The number of fused-ring (bicyclic) bond motifs is 2. The number of nitrogens with zero attached hydrogens (tertiary/aromatic N) is 5. The molecule has 3 aromatic rings. The standard InChI is InChI=1S/C19H20N6O/c1-24-6-7-25-16(10-20-18(25)11-24)13-4-5-15-14(8-13)9-17(23-22-15)21-19(26)12-2-3-12/h4-5,8-10,12H,2-3,6-7,11H2,1H3,(H,21,23,26). The summed E-state index contributed by atoms with van der Waals surface area (Å²) in [4.78, 5) is 18.8. The molecule has 1 aliphatic carbocycles. The smallest absolute Gasteiger partial charge is 0.228 e. The Morgan fingerprint density at radius 3 is 2.92 bits per heavy atom. The van der Waals surface area contributed by atoms with Crippen LogP contribution in [0, 0.1) is 5.92 Å². The van der Waals surface area contributed by atoms with Gasteiger partial charge in [-0.3, -0.25) is 9.69 Å². The molecule has 2 aromatic heterocycles. The topological polar surface area (TPSA) is 75.9 Å². The van der Waals surface area contributed by atoms with Gasteiger partial charge in [-0.05, 0) is 38.1 Å². The van der Waals surface area contributed by atoms with Crippen molar-refractivity contribution in [1.82, 2.24) is 24.6 Å². The first-order valence-corrected chi connectivity index (χ1v) is 8.99. The molecule has 1 aliphatic heterocycles. The highest BCUT2D eigenvalue weighted by molar-refractivity contribution is 5.95. The lowest BCUT2D eigenvalue weighted by Crippen LogP contribution is -2.30. The van der Waals surface area contributed by atoms with E-state index in [2.05, 4.69) is 49.1 Å². The first-order chi connectivity index (χ1) is 12.7. The van der Waals surface area contributed by atoms with Crippen LogP contribution in [0.1, 0.15) is 18.7 Å². The molecular weight excluding hydrogens is 328 g/mol. The Morgan fingerprint density at radius 2 is 2.08 bits per heavy atom. The van der Waals surface area contributed by atoms with Crippen LogP contribution in [0.15, 0.2) is 30.5 Å². The Labute approximate surface area is 151 Å². The van der Waals surface area contributed by atoms with Gasteiger partial charge in [-0.2, -0.15) is 0 Å². The van der Waals surface area contributed by atoms with E-state index in [4.69, 9.17) is 0 Å². The number of carbonyl (C=O) groups excluding carboxylic acids is 1. The maximum absolute atomic E-state index is 12.0. The van der Waals surface area contributed by atoms with E-state index < -0.39 is 0 Å². The summed E-state index contributed by atoms with van der Waals surface area (Å²) in [6, 6.07) is 8.02. The van der Waals surface area contributed by atoms with E-state index in [1.54, 1.807) is 0 Å². The van der Waals surface area contributed by atoms with Gasteiger partial charge in [0.15, 0.2) is 5.82 Å². The second kappa shape index (κ2) is 5.88. The lowest BCUT2D eigenvalue weighted by Gasteiger charge is -2.24. The maximum atomic E-state index is 12.0. The summed E-state index contributed by atoms with van der Waals surface area (Å²) in [5.74, 6) is 1.81. The minimum atomic E-state index is 0.0452. The summed E-state index contributed by atoms with van der Waals surface area (Å²) in [6.07, 6.45) is 3.89. The van der Waals surface area contributed by atoms with E-state index in [-0.39, 0.29) is 11.8 Å². The van der Waals surface area contributed by atoms with Crippen molar-refractivity contribution in [2.45, 2.75) is 25.9 Å². The highest BCUT2D eigenvalue weighted by Gasteiger charge is 2.29. The molecule has 26 heavy (non-hydrogen) atoms. The normalized spacial score (nSPS) is 17.3. The van der Waals surface area contributed by atoms with E-state index in [0.29, 0.717) is 5.82 Å². The first kappa shape index (κ1) is 15.5. The zero-order valence-corrected chi connectivity index (χ0v) is 14.6. The molecule has 0 radical (unpaired) electrons. The molecule has 0 bridgehead atoms. The molecule has 1 fully saturated rings. The largest absolute Gasteiger partial charge is 0.326 e. The second-order valence-corrected chi connectivity index (χ2v) is 7.22. The third kappa shape index (κ3) is 2.74. The third-order valence-electron chi connectivity index (χ3n) is 5.14. The number of aromatic nitrogens is 4. The molecule has 132 valence electrons. The molecule has 7 heteroatoms. The summed E-state index contributed by atoms with van der Waals surface area (Å²) in [6.45, 7) is 2.83. The molecule has 2 aliphatic rings. The number of nitrogens with one attached hydrogen (secondary N) is 1. The van der Waals surface area contributed by atoms with Crippen molar-refractivity contribution in [3.05, 3.63) is 36.3 Å². The molecule has 1 N–H and O–H groups in total. The average Bonchev–Trinajstić information content (AvgIpc) is 3.41. The van der Waals surface area contributed by atoms with Crippen molar-refractivity contribution >= 4 is 22.6 Å². The molecule has 0 saturated heterocycles. The maximum Gasteiger partial charge on any atom is 0.228 e. The van der Waals surface area contributed by atoms with Gasteiger partial charge in [0.05, 0.1) is 24.0 Å². The highest BCUT2D eigenvalue weighted by atomic mass is 16.2. The van der Waals surface area contributed by atoms with Crippen molar-refractivity contribution in [1.29, 1.82) is 0 Å². The van der Waals surface area contributed by atoms with Gasteiger partial charge in [0.2, 0.25) is 5.91 Å². The van der Waals surface area contributed by atoms with Crippen LogP contribution in [-0.4, -0.2) is 44.1 Å². The molecule has 1 amide bonds. The number of likely N-dealkylation sites (N-methyl/N-ethyl adjacent to an activating group) is 1. The Morgan fingerprint density at radius 1 is 1.19 bits per heavy atom. The minimum Gasteiger partial charge on any atom is -0.326 e. The van der Waals surface area contributed by atoms with Crippen LogP contribution in [0.2, 0.25) is 0 Å². The first-order valence-electron chi connectivity index (χ1n) is 8.99. The number of hydrogen-bond donors (Lipinski definition) is 1. The van der Waals surface area contributed by atoms with Gasteiger partial charge in [0.25, 0.3) is 0 Å². The Bertz CT molecular complexity index is 1010. The van der Waals surface area contributed by atoms with Crippen molar-refractivity contribution in [2.75, 3.05) is 18.9 Å². The lowest BCUT2D eigenvalue weighted by molar-refractivity contribution is -0.117. The van der Waals surface area contributed by atoms with Gasteiger partial charge in [-0.25, -0.2) is 4.98 Å². The summed E-state index contributed by atoms with van der Waals surface area (Å²) in [5, 5.41) is 12.2. The van der Waals surface area contributed by atoms with Crippen LogP contribution >= 0.6 is 0 Å².